The number of hydrogen-bond donors (Lipinski definition) is 2. The summed E-state index contributed by atoms with van der Waals surface area (Å²) in [5.41, 5.74) is -1.35. The lowest BCUT2D eigenvalue weighted by atomic mass is 9.61. The lowest BCUT2D eigenvalue weighted by Gasteiger charge is -2.43. The van der Waals surface area contributed by atoms with Crippen molar-refractivity contribution < 1.29 is 38.8 Å². The smallest absolute Gasteiger partial charge is 0.317 e. The molecule has 8 nitrogen and oxygen atoms in total. The maximum absolute atomic E-state index is 12.8. The number of hydrogen-bond acceptors (Lipinski definition) is 8. The van der Waals surface area contributed by atoms with Crippen LogP contribution in [0.3, 0.4) is 0 Å². The minimum absolute atomic E-state index is 0.0642. The molecule has 2 N–H and O–H groups in total. The number of aliphatic hydroxyl groups is 1. The average Bonchev–Trinajstić information content (AvgIpc) is 2.61. The molecule has 0 heterocycles. The summed E-state index contributed by atoms with van der Waals surface area (Å²) in [5, 5.41) is 20.8. The van der Waals surface area contributed by atoms with Crippen LogP contribution in [0.4, 0.5) is 0 Å². The van der Waals surface area contributed by atoms with Crippen LogP contribution in [0.5, 0.6) is 11.5 Å². The zero-order chi connectivity index (χ0) is 21.1. The number of ether oxygens (including phenoxy) is 3. The fraction of sp³-hybridized carbons (Fsp3) is 0.550. The molecule has 0 aromatic heterocycles. The Kier molecular flexibility index (Phi) is 6.66. The van der Waals surface area contributed by atoms with Crippen LogP contribution in [0, 0.1) is 11.8 Å². The molecular weight excluding hydrogens is 368 g/mol. The number of esters is 2. The maximum Gasteiger partial charge on any atom is 0.317 e. The Morgan fingerprint density at radius 1 is 1.18 bits per heavy atom. The number of benzene rings is 1. The molecule has 8 heteroatoms. The van der Waals surface area contributed by atoms with Gasteiger partial charge in [0, 0.05) is 12.3 Å². The van der Waals surface area contributed by atoms with E-state index in [1.165, 1.54) is 32.2 Å². The molecule has 0 amide bonds. The molecule has 0 spiro atoms. The monoisotopic (exact) mass is 394 g/mol. The molecule has 0 unspecified atom stereocenters. The normalized spacial score (nSPS) is 27.2. The number of phenols is 1. The van der Waals surface area contributed by atoms with E-state index < -0.39 is 41.1 Å². The Morgan fingerprint density at radius 2 is 1.79 bits per heavy atom. The van der Waals surface area contributed by atoms with Gasteiger partial charge in [0.25, 0.3) is 0 Å². The van der Waals surface area contributed by atoms with E-state index in [9.17, 15) is 24.6 Å². The van der Waals surface area contributed by atoms with Gasteiger partial charge >= 0.3 is 11.9 Å². The van der Waals surface area contributed by atoms with Gasteiger partial charge < -0.3 is 24.4 Å². The van der Waals surface area contributed by atoms with Gasteiger partial charge in [0.05, 0.1) is 31.8 Å². The van der Waals surface area contributed by atoms with Crippen molar-refractivity contribution in [3.8, 4) is 11.5 Å². The highest BCUT2D eigenvalue weighted by atomic mass is 16.5. The van der Waals surface area contributed by atoms with Crippen LogP contribution in [-0.2, 0) is 23.9 Å². The number of methoxy groups -OCH3 is 1. The molecule has 1 aromatic carbocycles. The molecule has 0 bridgehead atoms. The van der Waals surface area contributed by atoms with Gasteiger partial charge in [-0.15, -0.1) is 0 Å². The SMILES string of the molecule is CCOC(=O)[C@H]1C(=O)C[C@](C)(O)[C@H](C(=O)OCC)[C@@H]1c1ccc(O)c(OC)c1. The van der Waals surface area contributed by atoms with E-state index in [2.05, 4.69) is 0 Å². The molecule has 1 aliphatic carbocycles. The predicted molar refractivity (Wildman–Crippen MR) is 97.9 cm³/mol. The standard InChI is InChI=1S/C20H26O8/c1-5-27-18(23)16-13(22)10-20(3,25)17(19(24)28-6-2)15(16)11-7-8-12(21)14(9-11)26-4/h7-9,15-17,21,25H,5-6,10H2,1-4H3/t15-,16+,17+,20+/m1/s1. The Balaban J connectivity index is 2.66. The van der Waals surface area contributed by atoms with E-state index in [1.807, 2.05) is 0 Å². The molecule has 28 heavy (non-hydrogen) atoms. The number of carbonyl (C=O) groups excluding carboxylic acids is 3. The van der Waals surface area contributed by atoms with Crippen molar-refractivity contribution in [1.29, 1.82) is 0 Å². The number of carbonyl (C=O) groups is 3. The topological polar surface area (TPSA) is 119 Å². The summed E-state index contributed by atoms with van der Waals surface area (Å²) >= 11 is 0. The second-order valence-corrected chi connectivity index (χ2v) is 6.92. The largest absolute Gasteiger partial charge is 0.504 e. The summed E-state index contributed by atoms with van der Waals surface area (Å²) in [4.78, 5) is 38.1. The van der Waals surface area contributed by atoms with Crippen LogP contribution in [0.25, 0.3) is 0 Å². The first-order valence-electron chi connectivity index (χ1n) is 9.13. The number of ketones is 1. The summed E-state index contributed by atoms with van der Waals surface area (Å²) in [6.45, 7) is 4.76. The van der Waals surface area contributed by atoms with Crippen molar-refractivity contribution in [2.45, 2.75) is 38.7 Å². The van der Waals surface area contributed by atoms with E-state index in [0.717, 1.165) is 0 Å². The van der Waals surface area contributed by atoms with Crippen LogP contribution in [-0.4, -0.2) is 53.9 Å². The van der Waals surface area contributed by atoms with Crippen molar-refractivity contribution in [3.05, 3.63) is 23.8 Å². The van der Waals surface area contributed by atoms with Crippen molar-refractivity contribution in [2.75, 3.05) is 20.3 Å². The fourth-order valence-electron chi connectivity index (χ4n) is 3.78. The second kappa shape index (κ2) is 8.60. The van der Waals surface area contributed by atoms with Crippen LogP contribution in [0.15, 0.2) is 18.2 Å². The molecule has 1 saturated carbocycles. The average molecular weight is 394 g/mol. The van der Waals surface area contributed by atoms with Gasteiger partial charge in [0.2, 0.25) is 0 Å². The van der Waals surface area contributed by atoms with Crippen LogP contribution >= 0.6 is 0 Å². The van der Waals surface area contributed by atoms with Crippen LogP contribution in [0.2, 0.25) is 0 Å². The molecule has 154 valence electrons. The van der Waals surface area contributed by atoms with E-state index >= 15 is 0 Å². The van der Waals surface area contributed by atoms with Gasteiger partial charge in [-0.3, -0.25) is 14.4 Å². The van der Waals surface area contributed by atoms with Crippen LogP contribution < -0.4 is 4.74 Å². The molecule has 0 saturated heterocycles. The third-order valence-corrected chi connectivity index (χ3v) is 4.94. The maximum atomic E-state index is 12.8. The number of Topliss-reactive ketones (excluding diaryl/α,β-unsaturated/α-hetero) is 1. The quantitative estimate of drug-likeness (QED) is 0.551. The number of phenolic OH excluding ortho intramolecular Hbond substituents is 1. The Hall–Kier alpha value is -2.61. The first kappa shape index (κ1) is 21.7. The Labute approximate surface area is 163 Å². The Morgan fingerprint density at radius 3 is 2.36 bits per heavy atom. The van der Waals surface area contributed by atoms with Crippen molar-refractivity contribution in [2.24, 2.45) is 11.8 Å². The molecule has 1 aromatic rings. The second-order valence-electron chi connectivity index (χ2n) is 6.92. The fourth-order valence-corrected chi connectivity index (χ4v) is 3.78. The molecule has 1 fully saturated rings. The van der Waals surface area contributed by atoms with Crippen molar-refractivity contribution >= 4 is 17.7 Å². The summed E-state index contributed by atoms with van der Waals surface area (Å²) in [7, 11) is 1.35. The van der Waals surface area contributed by atoms with Crippen molar-refractivity contribution in [3.63, 3.8) is 0 Å². The minimum atomic E-state index is -1.72. The zero-order valence-electron chi connectivity index (χ0n) is 16.4. The van der Waals surface area contributed by atoms with E-state index in [4.69, 9.17) is 14.2 Å². The third kappa shape index (κ3) is 4.11. The first-order chi connectivity index (χ1) is 13.2. The van der Waals surface area contributed by atoms with Crippen molar-refractivity contribution in [1.82, 2.24) is 0 Å². The van der Waals surface area contributed by atoms with Gasteiger partial charge in [0.1, 0.15) is 5.92 Å². The lowest BCUT2D eigenvalue weighted by Crippen LogP contribution is -2.55. The number of rotatable bonds is 6. The highest BCUT2D eigenvalue weighted by Gasteiger charge is 2.57. The molecule has 2 rings (SSSR count). The predicted octanol–water partition coefficient (Wildman–Crippen LogP) is 1.57. The summed E-state index contributed by atoms with van der Waals surface area (Å²) in [6, 6.07) is 4.26. The molecule has 0 aliphatic heterocycles. The first-order valence-corrected chi connectivity index (χ1v) is 9.13. The van der Waals surface area contributed by atoms with Gasteiger partial charge in [0.15, 0.2) is 17.3 Å². The van der Waals surface area contributed by atoms with E-state index in [1.54, 1.807) is 13.8 Å². The summed E-state index contributed by atoms with van der Waals surface area (Å²) in [6.07, 6.45) is -0.383. The Bertz CT molecular complexity index is 755. The van der Waals surface area contributed by atoms with Gasteiger partial charge in [-0.2, -0.15) is 0 Å². The van der Waals surface area contributed by atoms with E-state index in [0.29, 0.717) is 5.56 Å². The minimum Gasteiger partial charge on any atom is -0.504 e. The third-order valence-electron chi connectivity index (χ3n) is 4.94. The lowest BCUT2D eigenvalue weighted by molar-refractivity contribution is -0.172. The van der Waals surface area contributed by atoms with Crippen LogP contribution in [0.1, 0.15) is 38.7 Å². The van der Waals surface area contributed by atoms with Gasteiger partial charge in [-0.25, -0.2) is 0 Å². The van der Waals surface area contributed by atoms with E-state index in [-0.39, 0.29) is 31.1 Å². The highest BCUT2D eigenvalue weighted by Crippen LogP contribution is 2.47. The van der Waals surface area contributed by atoms with Gasteiger partial charge in [-0.1, -0.05) is 6.07 Å². The molecular formula is C20H26O8. The summed E-state index contributed by atoms with van der Waals surface area (Å²) < 4.78 is 15.3. The van der Waals surface area contributed by atoms with Gasteiger partial charge in [-0.05, 0) is 38.5 Å². The zero-order valence-corrected chi connectivity index (χ0v) is 16.4. The molecule has 0 radical (unpaired) electrons. The summed E-state index contributed by atoms with van der Waals surface area (Å²) in [5.74, 6) is -5.55. The highest BCUT2D eigenvalue weighted by molar-refractivity contribution is 6.02. The number of aromatic hydroxyl groups is 1. The molecule has 4 atom stereocenters. The molecule has 1 aliphatic rings.